The van der Waals surface area contributed by atoms with Crippen LogP contribution in [-0.4, -0.2) is 21.9 Å². The Hall–Kier alpha value is -3.20. The normalized spacial score (nSPS) is 13.4. The van der Waals surface area contributed by atoms with Gasteiger partial charge in [-0.15, -0.1) is 0 Å². The average molecular weight is 488 g/mol. The van der Waals surface area contributed by atoms with E-state index in [1.807, 2.05) is 12.1 Å². The van der Waals surface area contributed by atoms with Gasteiger partial charge in [0, 0.05) is 39.6 Å². The maximum Gasteiger partial charge on any atom is 0.268 e. The number of benzene rings is 2. The largest absolute Gasteiger partial charge is 0.507 e. The van der Waals surface area contributed by atoms with Crippen LogP contribution in [0.1, 0.15) is 11.1 Å². The van der Waals surface area contributed by atoms with Crippen molar-refractivity contribution in [2.45, 2.75) is 6.61 Å². The molecule has 1 aliphatic heterocycles. The molecule has 10 heteroatoms. The summed E-state index contributed by atoms with van der Waals surface area (Å²) in [4.78, 5) is 28.1. The SMILES string of the molecule is O=C1NSNC(=O)C1=Cc1cc(-c2cc(Cl)cc(Cl)c2)c(OCc2ccncc2)cc1O. The molecule has 3 aromatic rings. The van der Waals surface area contributed by atoms with Crippen LogP contribution in [0.5, 0.6) is 11.5 Å². The third-order valence-electron chi connectivity index (χ3n) is 4.52. The van der Waals surface area contributed by atoms with Crippen LogP contribution in [0.3, 0.4) is 0 Å². The number of nitrogens with one attached hydrogen (secondary N) is 2. The molecule has 1 saturated heterocycles. The van der Waals surface area contributed by atoms with Crippen LogP contribution in [0.25, 0.3) is 17.2 Å². The predicted molar refractivity (Wildman–Crippen MR) is 124 cm³/mol. The molecule has 4 rings (SSSR count). The molecule has 3 N–H and O–H groups in total. The van der Waals surface area contributed by atoms with Gasteiger partial charge in [0.05, 0.1) is 12.1 Å². The number of hydrogen-bond donors (Lipinski definition) is 3. The number of rotatable bonds is 5. The highest BCUT2D eigenvalue weighted by Crippen LogP contribution is 2.39. The van der Waals surface area contributed by atoms with E-state index in [4.69, 9.17) is 27.9 Å². The minimum atomic E-state index is -0.566. The maximum absolute atomic E-state index is 12.1. The number of carbonyl (C=O) groups is 2. The van der Waals surface area contributed by atoms with Gasteiger partial charge in [0.15, 0.2) is 0 Å². The first-order valence-corrected chi connectivity index (χ1v) is 10.8. The molecule has 1 fully saturated rings. The van der Waals surface area contributed by atoms with Crippen LogP contribution >= 0.6 is 35.3 Å². The number of amides is 2. The summed E-state index contributed by atoms with van der Waals surface area (Å²) in [5.74, 6) is -0.933. The molecule has 2 heterocycles. The third kappa shape index (κ3) is 4.99. The molecule has 0 saturated carbocycles. The highest BCUT2D eigenvalue weighted by molar-refractivity contribution is 7.96. The van der Waals surface area contributed by atoms with Crippen LogP contribution in [-0.2, 0) is 16.2 Å². The van der Waals surface area contributed by atoms with Gasteiger partial charge in [0.25, 0.3) is 11.8 Å². The second kappa shape index (κ2) is 9.52. The fourth-order valence-corrected chi connectivity index (χ4v) is 4.00. The van der Waals surface area contributed by atoms with Crippen LogP contribution < -0.4 is 14.2 Å². The molecule has 162 valence electrons. The number of pyridine rings is 1. The lowest BCUT2D eigenvalue weighted by Crippen LogP contribution is -2.37. The lowest BCUT2D eigenvalue weighted by Gasteiger charge is -2.16. The van der Waals surface area contributed by atoms with E-state index < -0.39 is 11.8 Å². The minimum Gasteiger partial charge on any atom is -0.507 e. The van der Waals surface area contributed by atoms with Crippen molar-refractivity contribution in [3.8, 4) is 22.6 Å². The number of phenolic OH excluding ortho intramolecular Hbond substituents is 1. The second-order valence-electron chi connectivity index (χ2n) is 6.73. The first kappa shape index (κ1) is 22.0. The van der Waals surface area contributed by atoms with Gasteiger partial charge in [-0.25, -0.2) is 0 Å². The number of ether oxygens (including phenoxy) is 1. The van der Waals surface area contributed by atoms with E-state index in [9.17, 15) is 14.7 Å². The van der Waals surface area contributed by atoms with Crippen molar-refractivity contribution in [2.24, 2.45) is 0 Å². The van der Waals surface area contributed by atoms with Crippen molar-refractivity contribution in [1.29, 1.82) is 0 Å². The highest BCUT2D eigenvalue weighted by atomic mass is 35.5. The van der Waals surface area contributed by atoms with Gasteiger partial charge in [0.1, 0.15) is 23.7 Å². The summed E-state index contributed by atoms with van der Waals surface area (Å²) < 4.78 is 10.9. The molecule has 7 nitrogen and oxygen atoms in total. The van der Waals surface area contributed by atoms with Gasteiger partial charge in [0.2, 0.25) is 0 Å². The Morgan fingerprint density at radius 1 is 1.00 bits per heavy atom. The Labute approximate surface area is 197 Å². The van der Waals surface area contributed by atoms with Gasteiger partial charge in [-0.05, 0) is 53.6 Å². The smallest absolute Gasteiger partial charge is 0.268 e. The van der Waals surface area contributed by atoms with E-state index in [1.54, 1.807) is 36.7 Å². The Balaban J connectivity index is 1.80. The first-order valence-electron chi connectivity index (χ1n) is 9.24. The molecular weight excluding hydrogens is 473 g/mol. The summed E-state index contributed by atoms with van der Waals surface area (Å²) in [5, 5.41) is 11.5. The molecule has 1 aromatic heterocycles. The summed E-state index contributed by atoms with van der Waals surface area (Å²) in [7, 11) is 0. The van der Waals surface area contributed by atoms with E-state index in [0.717, 1.165) is 17.7 Å². The van der Waals surface area contributed by atoms with Gasteiger partial charge >= 0.3 is 0 Å². The lowest BCUT2D eigenvalue weighted by molar-refractivity contribution is -0.122. The van der Waals surface area contributed by atoms with Crippen LogP contribution in [0.2, 0.25) is 10.0 Å². The quantitative estimate of drug-likeness (QED) is 0.277. The number of aromatic nitrogens is 1. The number of nitrogens with zero attached hydrogens (tertiary/aromatic N) is 1. The number of aromatic hydroxyl groups is 1. The van der Waals surface area contributed by atoms with Crippen molar-refractivity contribution in [2.75, 3.05) is 0 Å². The van der Waals surface area contributed by atoms with Crippen molar-refractivity contribution < 1.29 is 19.4 Å². The zero-order valence-electron chi connectivity index (χ0n) is 16.3. The number of phenols is 1. The first-order chi connectivity index (χ1) is 15.4. The Bertz CT molecular complexity index is 1200. The molecule has 0 unspecified atom stereocenters. The number of halogens is 2. The van der Waals surface area contributed by atoms with Crippen LogP contribution in [0.4, 0.5) is 0 Å². The van der Waals surface area contributed by atoms with Gasteiger partial charge < -0.3 is 9.84 Å². The van der Waals surface area contributed by atoms with E-state index in [2.05, 4.69) is 14.4 Å². The molecule has 2 amide bonds. The molecular formula is C22H15Cl2N3O4S. The topological polar surface area (TPSA) is 101 Å². The predicted octanol–water partition coefficient (Wildman–Crippen LogP) is 4.53. The van der Waals surface area contributed by atoms with E-state index in [0.29, 0.717) is 26.9 Å². The minimum absolute atomic E-state index is 0.139. The molecule has 2 aromatic carbocycles. The summed E-state index contributed by atoms with van der Waals surface area (Å²) in [6.45, 7) is 0.228. The van der Waals surface area contributed by atoms with E-state index in [1.165, 1.54) is 12.1 Å². The molecule has 0 aliphatic carbocycles. The Morgan fingerprint density at radius 3 is 2.31 bits per heavy atom. The average Bonchev–Trinajstić information content (AvgIpc) is 2.76. The Kier molecular flexibility index (Phi) is 6.55. The zero-order valence-corrected chi connectivity index (χ0v) is 18.6. The van der Waals surface area contributed by atoms with Crippen molar-refractivity contribution in [3.05, 3.63) is 81.6 Å². The van der Waals surface area contributed by atoms with Crippen LogP contribution in [0.15, 0.2) is 60.4 Å². The third-order valence-corrected chi connectivity index (χ3v) is 5.53. The molecule has 0 atom stereocenters. The standard InChI is InChI=1S/C22H15Cl2N3O4S/c23-15-5-13(6-16(24)9-15)17-7-14(8-18-21(29)26-32-27-22(18)30)19(28)10-20(17)31-11-12-1-3-25-4-2-12/h1-10,28H,11H2,(H,26,29)(H,27,30). The van der Waals surface area contributed by atoms with Gasteiger partial charge in [-0.2, -0.15) is 0 Å². The lowest BCUT2D eigenvalue weighted by atomic mass is 9.99. The fourth-order valence-electron chi connectivity index (χ4n) is 3.01. The summed E-state index contributed by atoms with van der Waals surface area (Å²) in [6, 6.07) is 11.7. The van der Waals surface area contributed by atoms with Gasteiger partial charge in [-0.1, -0.05) is 23.2 Å². The monoisotopic (exact) mass is 487 g/mol. The fraction of sp³-hybridized carbons (Fsp3) is 0.0455. The summed E-state index contributed by atoms with van der Waals surface area (Å²) >= 11 is 13.2. The summed E-state index contributed by atoms with van der Waals surface area (Å²) in [5.41, 5.74) is 2.20. The number of carbonyl (C=O) groups excluding carboxylic acids is 2. The van der Waals surface area contributed by atoms with Gasteiger partial charge in [-0.3, -0.25) is 24.0 Å². The molecule has 32 heavy (non-hydrogen) atoms. The molecule has 1 aliphatic rings. The molecule has 0 bridgehead atoms. The maximum atomic E-state index is 12.1. The summed E-state index contributed by atoms with van der Waals surface area (Å²) in [6.07, 6.45) is 4.62. The van der Waals surface area contributed by atoms with E-state index in [-0.39, 0.29) is 23.5 Å². The van der Waals surface area contributed by atoms with Crippen molar-refractivity contribution in [1.82, 2.24) is 14.4 Å². The molecule has 0 spiro atoms. The highest BCUT2D eigenvalue weighted by Gasteiger charge is 2.24. The van der Waals surface area contributed by atoms with E-state index >= 15 is 0 Å². The number of hydrogen-bond acceptors (Lipinski definition) is 6. The van der Waals surface area contributed by atoms with Crippen molar-refractivity contribution in [3.63, 3.8) is 0 Å². The zero-order chi connectivity index (χ0) is 22.7. The Morgan fingerprint density at radius 2 is 1.66 bits per heavy atom. The second-order valence-corrected chi connectivity index (χ2v) is 8.22. The molecule has 0 radical (unpaired) electrons. The van der Waals surface area contributed by atoms with Crippen molar-refractivity contribution >= 4 is 53.2 Å². The van der Waals surface area contributed by atoms with Crippen LogP contribution in [0, 0.1) is 0 Å².